The molecule has 0 saturated heterocycles. The minimum atomic E-state index is 0.680. The SMILES string of the molecule is CCCOc1cc(N(CC)CC)ccc1C=Nc1sc2c(c1C#N)CCCC2. The molecule has 0 radical (unpaired) electrons. The number of benzene rings is 1. The van der Waals surface area contributed by atoms with Crippen molar-refractivity contribution in [1.82, 2.24) is 0 Å². The molecule has 0 atom stereocenters. The van der Waals surface area contributed by atoms with Gasteiger partial charge in [0.05, 0.1) is 12.2 Å². The first-order valence-electron chi connectivity index (χ1n) is 10.3. The molecular formula is C23H29N3OS. The van der Waals surface area contributed by atoms with Crippen LogP contribution in [0.15, 0.2) is 23.2 Å². The second-order valence-electron chi connectivity index (χ2n) is 7.00. The van der Waals surface area contributed by atoms with Gasteiger partial charge in [0, 0.05) is 41.5 Å². The predicted molar refractivity (Wildman–Crippen MR) is 119 cm³/mol. The Morgan fingerprint density at radius 2 is 2.00 bits per heavy atom. The molecule has 3 rings (SSSR count). The van der Waals surface area contributed by atoms with Crippen LogP contribution in [0.25, 0.3) is 0 Å². The maximum absolute atomic E-state index is 9.64. The van der Waals surface area contributed by atoms with Gasteiger partial charge in [0.1, 0.15) is 16.8 Å². The molecule has 28 heavy (non-hydrogen) atoms. The van der Waals surface area contributed by atoms with Crippen LogP contribution in [0.1, 0.15) is 61.6 Å². The molecule has 0 bridgehead atoms. The van der Waals surface area contributed by atoms with Gasteiger partial charge < -0.3 is 9.64 Å². The molecule has 1 aromatic carbocycles. The molecule has 2 aromatic rings. The summed E-state index contributed by atoms with van der Waals surface area (Å²) in [4.78, 5) is 8.36. The number of ether oxygens (including phenoxy) is 1. The first kappa shape index (κ1) is 20.4. The average Bonchev–Trinajstić information content (AvgIpc) is 3.09. The Labute approximate surface area is 172 Å². The van der Waals surface area contributed by atoms with Crippen molar-refractivity contribution < 1.29 is 4.74 Å². The second kappa shape index (κ2) is 9.75. The number of aliphatic imine (C=N–C) groups is 1. The molecule has 1 aliphatic carbocycles. The summed E-state index contributed by atoms with van der Waals surface area (Å²) >= 11 is 1.68. The summed E-state index contributed by atoms with van der Waals surface area (Å²) in [5.41, 5.74) is 4.12. The van der Waals surface area contributed by atoms with E-state index >= 15 is 0 Å². The van der Waals surface area contributed by atoms with Crippen LogP contribution in [-0.2, 0) is 12.8 Å². The molecule has 1 aliphatic rings. The van der Waals surface area contributed by atoms with Gasteiger partial charge in [-0.25, -0.2) is 4.99 Å². The lowest BCUT2D eigenvalue weighted by Crippen LogP contribution is -2.21. The molecule has 148 valence electrons. The van der Waals surface area contributed by atoms with E-state index in [1.807, 2.05) is 6.21 Å². The number of aryl methyl sites for hydroxylation is 1. The first-order chi connectivity index (χ1) is 13.7. The maximum Gasteiger partial charge on any atom is 0.134 e. The third-order valence-electron chi connectivity index (χ3n) is 5.17. The van der Waals surface area contributed by atoms with Crippen LogP contribution in [0.4, 0.5) is 10.7 Å². The first-order valence-corrected chi connectivity index (χ1v) is 11.1. The number of nitriles is 1. The monoisotopic (exact) mass is 395 g/mol. The molecule has 0 N–H and O–H groups in total. The van der Waals surface area contributed by atoms with Crippen molar-refractivity contribution in [2.75, 3.05) is 24.6 Å². The van der Waals surface area contributed by atoms with Gasteiger partial charge in [-0.15, -0.1) is 11.3 Å². The highest BCUT2D eigenvalue weighted by Crippen LogP contribution is 2.39. The largest absolute Gasteiger partial charge is 0.493 e. The van der Waals surface area contributed by atoms with Crippen molar-refractivity contribution in [2.24, 2.45) is 4.99 Å². The Morgan fingerprint density at radius 3 is 2.71 bits per heavy atom. The predicted octanol–water partition coefficient (Wildman–Crippen LogP) is 5.88. The van der Waals surface area contributed by atoms with Crippen LogP contribution in [0.2, 0.25) is 0 Å². The molecular weight excluding hydrogens is 366 g/mol. The van der Waals surface area contributed by atoms with Crippen molar-refractivity contribution in [3.8, 4) is 11.8 Å². The van der Waals surface area contributed by atoms with E-state index in [1.54, 1.807) is 11.3 Å². The lowest BCUT2D eigenvalue weighted by Gasteiger charge is -2.22. The summed E-state index contributed by atoms with van der Waals surface area (Å²) in [6.07, 6.45) is 7.28. The Bertz CT molecular complexity index is 875. The summed E-state index contributed by atoms with van der Waals surface area (Å²) in [5.74, 6) is 0.856. The van der Waals surface area contributed by atoms with Crippen molar-refractivity contribution in [1.29, 1.82) is 5.26 Å². The number of hydrogen-bond donors (Lipinski definition) is 0. The summed E-state index contributed by atoms with van der Waals surface area (Å²) in [5, 5.41) is 10.5. The van der Waals surface area contributed by atoms with Gasteiger partial charge in [-0.3, -0.25) is 0 Å². The topological polar surface area (TPSA) is 48.6 Å². The molecule has 1 aromatic heterocycles. The quantitative estimate of drug-likeness (QED) is 0.524. The lowest BCUT2D eigenvalue weighted by molar-refractivity contribution is 0.317. The number of hydrogen-bond acceptors (Lipinski definition) is 5. The lowest BCUT2D eigenvalue weighted by atomic mass is 9.96. The third kappa shape index (κ3) is 4.39. The summed E-state index contributed by atoms with van der Waals surface area (Å²) in [6, 6.07) is 8.69. The maximum atomic E-state index is 9.64. The molecule has 0 aliphatic heterocycles. The van der Waals surface area contributed by atoms with E-state index < -0.39 is 0 Å². The third-order valence-corrected chi connectivity index (χ3v) is 6.37. The minimum absolute atomic E-state index is 0.680. The fraction of sp³-hybridized carbons (Fsp3) is 0.478. The van der Waals surface area contributed by atoms with E-state index in [0.29, 0.717) is 6.61 Å². The number of anilines is 1. The zero-order chi connectivity index (χ0) is 19.9. The van der Waals surface area contributed by atoms with Crippen molar-refractivity contribution in [3.63, 3.8) is 0 Å². The highest BCUT2D eigenvalue weighted by Gasteiger charge is 2.20. The van der Waals surface area contributed by atoms with E-state index in [4.69, 9.17) is 9.73 Å². The van der Waals surface area contributed by atoms with Gasteiger partial charge in [-0.05, 0) is 63.6 Å². The molecule has 1 heterocycles. The molecule has 0 amide bonds. The van der Waals surface area contributed by atoms with Gasteiger partial charge in [-0.1, -0.05) is 6.92 Å². The van der Waals surface area contributed by atoms with E-state index in [2.05, 4.69) is 49.9 Å². The van der Waals surface area contributed by atoms with Crippen LogP contribution in [0.3, 0.4) is 0 Å². The second-order valence-corrected chi connectivity index (χ2v) is 8.09. The molecule has 0 fully saturated rings. The Morgan fingerprint density at radius 1 is 1.21 bits per heavy atom. The van der Waals surface area contributed by atoms with Crippen LogP contribution in [0.5, 0.6) is 5.75 Å². The highest BCUT2D eigenvalue weighted by molar-refractivity contribution is 7.16. The molecule has 0 unspecified atom stereocenters. The summed E-state index contributed by atoms with van der Waals surface area (Å²) in [6.45, 7) is 9.03. The minimum Gasteiger partial charge on any atom is -0.493 e. The molecule has 0 saturated carbocycles. The fourth-order valence-electron chi connectivity index (χ4n) is 3.64. The van der Waals surface area contributed by atoms with E-state index in [9.17, 15) is 5.26 Å². The van der Waals surface area contributed by atoms with Crippen molar-refractivity contribution >= 4 is 28.2 Å². The Balaban J connectivity index is 1.93. The summed E-state index contributed by atoms with van der Waals surface area (Å²) in [7, 11) is 0. The average molecular weight is 396 g/mol. The van der Waals surface area contributed by atoms with Gasteiger partial charge in [0.15, 0.2) is 0 Å². The van der Waals surface area contributed by atoms with Crippen LogP contribution < -0.4 is 9.64 Å². The van der Waals surface area contributed by atoms with Crippen LogP contribution in [-0.4, -0.2) is 25.9 Å². The smallest absolute Gasteiger partial charge is 0.134 e. The van der Waals surface area contributed by atoms with Crippen LogP contribution in [0, 0.1) is 11.3 Å². The number of thiophene rings is 1. The van der Waals surface area contributed by atoms with Crippen LogP contribution >= 0.6 is 11.3 Å². The van der Waals surface area contributed by atoms with E-state index in [1.165, 1.54) is 23.3 Å². The summed E-state index contributed by atoms with van der Waals surface area (Å²) < 4.78 is 6.01. The van der Waals surface area contributed by atoms with E-state index in [0.717, 1.165) is 59.9 Å². The van der Waals surface area contributed by atoms with Gasteiger partial charge in [-0.2, -0.15) is 5.26 Å². The fourth-order valence-corrected chi connectivity index (χ4v) is 4.82. The normalized spacial score (nSPS) is 13.4. The zero-order valence-electron chi connectivity index (χ0n) is 17.1. The number of rotatable bonds is 8. The van der Waals surface area contributed by atoms with Crippen molar-refractivity contribution in [3.05, 3.63) is 39.8 Å². The Kier molecular flexibility index (Phi) is 7.11. The van der Waals surface area contributed by atoms with Gasteiger partial charge >= 0.3 is 0 Å². The van der Waals surface area contributed by atoms with Crippen molar-refractivity contribution in [2.45, 2.75) is 52.9 Å². The van der Waals surface area contributed by atoms with E-state index in [-0.39, 0.29) is 0 Å². The highest BCUT2D eigenvalue weighted by atomic mass is 32.1. The number of fused-ring (bicyclic) bond motifs is 1. The van der Waals surface area contributed by atoms with Gasteiger partial charge in [0.25, 0.3) is 0 Å². The standard InChI is InChI=1S/C23H29N3OS/c1-4-13-27-21-14-18(26(5-2)6-3)12-11-17(21)16-25-23-20(15-24)19-9-7-8-10-22(19)28-23/h11-12,14,16H,4-10,13H2,1-3H3. The number of nitrogens with zero attached hydrogens (tertiary/aromatic N) is 3. The molecule has 0 spiro atoms. The Hall–Kier alpha value is -2.32. The molecule has 4 nitrogen and oxygen atoms in total. The van der Waals surface area contributed by atoms with Gasteiger partial charge in [0.2, 0.25) is 0 Å². The zero-order valence-corrected chi connectivity index (χ0v) is 17.9. The molecule has 5 heteroatoms.